The number of amides is 1. The fourth-order valence-electron chi connectivity index (χ4n) is 3.65. The van der Waals surface area contributed by atoms with Crippen LogP contribution in [0.5, 0.6) is 11.6 Å². The number of aromatic nitrogens is 2. The van der Waals surface area contributed by atoms with Crippen molar-refractivity contribution >= 4 is 33.4 Å². The van der Waals surface area contributed by atoms with Crippen LogP contribution in [0.1, 0.15) is 10.4 Å². The van der Waals surface area contributed by atoms with Gasteiger partial charge in [0.25, 0.3) is 5.91 Å². The number of halogens is 1. The Morgan fingerprint density at radius 3 is 2.61 bits per heavy atom. The number of nitrogens with one attached hydrogen (secondary N) is 1. The van der Waals surface area contributed by atoms with Gasteiger partial charge in [-0.1, -0.05) is 18.2 Å². The predicted molar refractivity (Wildman–Crippen MR) is 122 cm³/mol. The molecule has 1 amide bonds. The first-order valence-electron chi connectivity index (χ1n) is 10.0. The summed E-state index contributed by atoms with van der Waals surface area (Å²) in [4.78, 5) is 20.4. The van der Waals surface area contributed by atoms with Gasteiger partial charge >= 0.3 is 0 Å². The summed E-state index contributed by atoms with van der Waals surface area (Å²) in [5, 5.41) is 18.9. The van der Waals surface area contributed by atoms with Crippen LogP contribution in [0, 0.1) is 5.82 Å². The number of para-hydroxylation sites is 1. The Labute approximate surface area is 187 Å². The molecule has 0 radical (unpaired) electrons. The molecule has 3 aromatic carbocycles. The molecule has 2 aromatic heterocycles. The lowest BCUT2D eigenvalue weighted by atomic mass is 10.0. The molecule has 0 aliphatic heterocycles. The van der Waals surface area contributed by atoms with Crippen molar-refractivity contribution in [3.05, 3.63) is 84.2 Å². The molecule has 5 rings (SSSR count). The number of aromatic amines is 1. The minimum absolute atomic E-state index is 0.00779. The number of carbonyl (C=O) groups is 1. The summed E-state index contributed by atoms with van der Waals surface area (Å²) in [7, 11) is 1.59. The number of hydrogen-bond acceptors (Lipinski definition) is 5. The molecule has 0 spiro atoms. The predicted octanol–water partition coefficient (Wildman–Crippen LogP) is 6.16. The highest BCUT2D eigenvalue weighted by atomic mass is 19.1. The number of rotatable bonds is 4. The Morgan fingerprint density at radius 2 is 1.82 bits per heavy atom. The summed E-state index contributed by atoms with van der Waals surface area (Å²) in [5.41, 5.74) is 2.80. The minimum Gasteiger partial charge on any atom is -0.497 e. The lowest BCUT2D eigenvalue weighted by Crippen LogP contribution is -1.99. The summed E-state index contributed by atoms with van der Waals surface area (Å²) in [5.74, 6) is -0.702. The topological polar surface area (TPSA) is 99.9 Å². The van der Waals surface area contributed by atoms with Crippen molar-refractivity contribution in [3.8, 4) is 22.9 Å². The Balaban J connectivity index is 1.58. The zero-order chi connectivity index (χ0) is 22.9. The molecule has 0 unspecified atom stereocenters. The average molecular weight is 440 g/mol. The number of aromatic hydroxyl groups is 1. The van der Waals surface area contributed by atoms with Crippen molar-refractivity contribution < 1.29 is 19.0 Å². The highest BCUT2D eigenvalue weighted by Gasteiger charge is 2.16. The van der Waals surface area contributed by atoms with Crippen molar-refractivity contribution in [1.29, 1.82) is 0 Å². The average Bonchev–Trinajstić information content (AvgIpc) is 3.15. The monoisotopic (exact) mass is 440 g/mol. The van der Waals surface area contributed by atoms with E-state index in [-0.39, 0.29) is 11.6 Å². The van der Waals surface area contributed by atoms with Gasteiger partial charge in [-0.25, -0.2) is 9.37 Å². The van der Waals surface area contributed by atoms with Crippen LogP contribution in [-0.4, -0.2) is 28.1 Å². The first-order valence-corrected chi connectivity index (χ1v) is 10.0. The van der Waals surface area contributed by atoms with Gasteiger partial charge < -0.3 is 14.8 Å². The number of hydrogen-bond donors (Lipinski definition) is 2. The third-order valence-corrected chi connectivity index (χ3v) is 5.29. The molecule has 0 saturated heterocycles. The molecule has 0 saturated carbocycles. The lowest BCUT2D eigenvalue weighted by molar-refractivity contribution is 0.0996. The van der Waals surface area contributed by atoms with Crippen molar-refractivity contribution in [2.75, 3.05) is 7.11 Å². The second kappa shape index (κ2) is 8.16. The molecule has 7 nitrogen and oxygen atoms in total. The van der Waals surface area contributed by atoms with Crippen LogP contribution in [0.4, 0.5) is 10.1 Å². The van der Waals surface area contributed by atoms with Gasteiger partial charge in [-0.05, 0) is 54.6 Å². The molecule has 0 aliphatic rings. The second-order valence-corrected chi connectivity index (χ2v) is 7.32. The number of benzene rings is 3. The zero-order valence-corrected chi connectivity index (χ0v) is 17.4. The normalized spacial score (nSPS) is 11.5. The number of carbonyl (C=O) groups excluding carboxylic acids is 1. The molecule has 0 aliphatic carbocycles. The van der Waals surface area contributed by atoms with Gasteiger partial charge in [0.15, 0.2) is 5.69 Å². The summed E-state index contributed by atoms with van der Waals surface area (Å²) in [6.07, 6.45) is 0. The van der Waals surface area contributed by atoms with Crippen LogP contribution >= 0.6 is 0 Å². The van der Waals surface area contributed by atoms with E-state index in [0.29, 0.717) is 38.8 Å². The van der Waals surface area contributed by atoms with Crippen LogP contribution in [0.2, 0.25) is 0 Å². The standard InChI is InChI=1S/C25H17FN4O3/c1-33-16-9-6-14(7-10-16)22-13-18(17-4-2-3-5-20(17)27-22)24(31)30-29-23-19-12-15(26)8-11-21(19)28-25(23)32/h2-13,28,32H,1H3. The van der Waals surface area contributed by atoms with E-state index in [0.717, 1.165) is 5.56 Å². The molecular weight excluding hydrogens is 423 g/mol. The van der Waals surface area contributed by atoms with Crippen molar-refractivity contribution in [2.45, 2.75) is 0 Å². The van der Waals surface area contributed by atoms with Crippen molar-refractivity contribution in [1.82, 2.24) is 9.97 Å². The Kier molecular flexibility index (Phi) is 5.02. The Hall–Kier alpha value is -4.59. The highest BCUT2D eigenvalue weighted by Crippen LogP contribution is 2.36. The second-order valence-electron chi connectivity index (χ2n) is 7.32. The Bertz CT molecular complexity index is 1540. The lowest BCUT2D eigenvalue weighted by Gasteiger charge is -2.08. The fraction of sp³-hybridized carbons (Fsp3) is 0.0400. The van der Waals surface area contributed by atoms with Gasteiger partial charge in [0.1, 0.15) is 11.6 Å². The number of nitrogens with zero attached hydrogens (tertiary/aromatic N) is 3. The summed E-state index contributed by atoms with van der Waals surface area (Å²) in [6.45, 7) is 0. The molecule has 162 valence electrons. The van der Waals surface area contributed by atoms with E-state index in [1.165, 1.54) is 18.2 Å². The number of methoxy groups -OCH3 is 1. The van der Waals surface area contributed by atoms with Gasteiger partial charge in [0, 0.05) is 16.3 Å². The maximum atomic E-state index is 13.7. The van der Waals surface area contributed by atoms with E-state index in [1.807, 2.05) is 36.4 Å². The largest absolute Gasteiger partial charge is 0.497 e. The van der Waals surface area contributed by atoms with Crippen molar-refractivity contribution in [2.24, 2.45) is 10.2 Å². The molecule has 2 N–H and O–H groups in total. The van der Waals surface area contributed by atoms with Gasteiger partial charge in [-0.15, -0.1) is 10.2 Å². The third-order valence-electron chi connectivity index (χ3n) is 5.29. The van der Waals surface area contributed by atoms with Gasteiger partial charge in [-0.3, -0.25) is 4.79 Å². The number of H-pyrrole nitrogens is 1. The van der Waals surface area contributed by atoms with Gasteiger partial charge in [0.05, 0.1) is 29.4 Å². The first-order chi connectivity index (χ1) is 16.0. The van der Waals surface area contributed by atoms with Crippen LogP contribution in [0.25, 0.3) is 33.1 Å². The number of pyridine rings is 1. The van der Waals surface area contributed by atoms with Gasteiger partial charge in [-0.2, -0.15) is 0 Å². The maximum absolute atomic E-state index is 13.7. The smallest absolute Gasteiger partial charge is 0.296 e. The first kappa shape index (κ1) is 20.3. The van der Waals surface area contributed by atoms with E-state index >= 15 is 0 Å². The Morgan fingerprint density at radius 1 is 1.03 bits per heavy atom. The van der Waals surface area contributed by atoms with Gasteiger partial charge in [0.2, 0.25) is 5.88 Å². The molecule has 0 bridgehead atoms. The van der Waals surface area contributed by atoms with Crippen LogP contribution < -0.4 is 4.74 Å². The molecule has 33 heavy (non-hydrogen) atoms. The zero-order valence-electron chi connectivity index (χ0n) is 17.4. The summed E-state index contributed by atoms with van der Waals surface area (Å²) >= 11 is 0. The number of ether oxygens (including phenoxy) is 1. The minimum atomic E-state index is -0.617. The van der Waals surface area contributed by atoms with E-state index in [9.17, 15) is 14.3 Å². The van der Waals surface area contributed by atoms with E-state index < -0.39 is 11.7 Å². The third kappa shape index (κ3) is 3.78. The highest BCUT2D eigenvalue weighted by molar-refractivity contribution is 6.07. The fourth-order valence-corrected chi connectivity index (χ4v) is 3.65. The van der Waals surface area contributed by atoms with E-state index in [1.54, 1.807) is 25.3 Å². The van der Waals surface area contributed by atoms with Crippen LogP contribution in [-0.2, 0) is 0 Å². The molecule has 0 fully saturated rings. The van der Waals surface area contributed by atoms with Crippen LogP contribution in [0.3, 0.4) is 0 Å². The molecule has 5 aromatic rings. The number of azo groups is 1. The van der Waals surface area contributed by atoms with Crippen LogP contribution in [0.15, 0.2) is 83.0 Å². The van der Waals surface area contributed by atoms with Crippen molar-refractivity contribution in [3.63, 3.8) is 0 Å². The quantitative estimate of drug-likeness (QED) is 0.327. The summed E-state index contributed by atoms with van der Waals surface area (Å²) < 4.78 is 18.9. The summed E-state index contributed by atoms with van der Waals surface area (Å²) in [6, 6.07) is 20.2. The SMILES string of the molecule is COc1ccc(-c2cc(C(=O)N=Nc3c(O)[nH]c4ccc(F)cc34)c3ccccc3n2)cc1. The maximum Gasteiger partial charge on any atom is 0.296 e. The van der Waals surface area contributed by atoms with E-state index in [4.69, 9.17) is 4.74 Å². The number of fused-ring (bicyclic) bond motifs is 2. The molecule has 8 heteroatoms. The van der Waals surface area contributed by atoms with E-state index in [2.05, 4.69) is 20.2 Å². The molecular formula is C25H17FN4O3. The molecule has 0 atom stereocenters. The molecule has 2 heterocycles.